The van der Waals surface area contributed by atoms with Gasteiger partial charge < -0.3 is 9.47 Å². The molecule has 0 unspecified atom stereocenters. The number of rotatable bonds is 7. The minimum atomic E-state index is 0.145. The second kappa shape index (κ2) is 9.71. The van der Waals surface area contributed by atoms with Crippen LogP contribution in [-0.4, -0.2) is 29.0 Å². The first-order chi connectivity index (χ1) is 15.9. The molecule has 5 nitrogen and oxygen atoms in total. The van der Waals surface area contributed by atoms with Crippen molar-refractivity contribution in [2.45, 2.75) is 37.1 Å². The van der Waals surface area contributed by atoms with Crippen LogP contribution in [-0.2, 0) is 11.2 Å². The predicted octanol–water partition coefficient (Wildman–Crippen LogP) is 6.54. The van der Waals surface area contributed by atoms with E-state index in [1.807, 2.05) is 48.5 Å². The highest BCUT2D eigenvalue weighted by Crippen LogP contribution is 2.32. The van der Waals surface area contributed by atoms with E-state index in [0.717, 1.165) is 39.5 Å². The Morgan fingerprint density at radius 2 is 1.52 bits per heavy atom. The Bertz CT molecular complexity index is 1210. The van der Waals surface area contributed by atoms with Crippen LogP contribution in [0.4, 0.5) is 0 Å². The lowest BCUT2D eigenvalue weighted by Gasteiger charge is -2.19. The fraction of sp³-hybridized carbons (Fsp3) is 0.259. The van der Waals surface area contributed by atoms with Crippen LogP contribution in [0.25, 0.3) is 17.1 Å². The lowest BCUT2D eigenvalue weighted by atomic mass is 9.87. The first-order valence-electron chi connectivity index (χ1n) is 10.9. The number of hydrogen-bond acceptors (Lipinski definition) is 5. The Morgan fingerprint density at radius 1 is 0.818 bits per heavy atom. The van der Waals surface area contributed by atoms with Crippen molar-refractivity contribution < 1.29 is 9.47 Å². The van der Waals surface area contributed by atoms with Crippen molar-refractivity contribution in [2.24, 2.45) is 0 Å². The molecule has 4 rings (SSSR count). The third-order valence-corrected chi connectivity index (χ3v) is 6.48. The third kappa shape index (κ3) is 5.22. The average molecular weight is 460 g/mol. The maximum absolute atomic E-state index is 5.42. The minimum absolute atomic E-state index is 0.145. The smallest absolute Gasteiger partial charge is 0.196 e. The van der Waals surface area contributed by atoms with Crippen LogP contribution >= 0.6 is 11.8 Å². The number of ether oxygens (including phenoxy) is 2. The molecule has 0 aliphatic carbocycles. The van der Waals surface area contributed by atoms with Gasteiger partial charge in [-0.25, -0.2) is 0 Å². The molecule has 0 bridgehead atoms. The summed E-state index contributed by atoms with van der Waals surface area (Å²) in [5, 5.41) is 9.92. The van der Waals surface area contributed by atoms with Crippen LogP contribution < -0.4 is 9.47 Å². The molecule has 0 saturated carbocycles. The van der Waals surface area contributed by atoms with E-state index in [0.29, 0.717) is 0 Å². The topological polar surface area (TPSA) is 49.2 Å². The fourth-order valence-corrected chi connectivity index (χ4v) is 4.43. The van der Waals surface area contributed by atoms with Gasteiger partial charge in [-0.1, -0.05) is 68.9 Å². The Kier molecular flexibility index (Phi) is 6.75. The summed E-state index contributed by atoms with van der Waals surface area (Å²) in [7, 11) is 3.33. The molecule has 0 radical (unpaired) electrons. The number of methoxy groups -OCH3 is 2. The van der Waals surface area contributed by atoms with Crippen molar-refractivity contribution in [1.82, 2.24) is 14.8 Å². The van der Waals surface area contributed by atoms with Gasteiger partial charge in [0.1, 0.15) is 11.5 Å². The Hall–Kier alpha value is -3.25. The van der Waals surface area contributed by atoms with Crippen LogP contribution in [0.5, 0.6) is 11.5 Å². The third-order valence-electron chi connectivity index (χ3n) is 5.48. The maximum atomic E-state index is 5.42. The first-order valence-corrected chi connectivity index (χ1v) is 11.8. The number of aromatic nitrogens is 3. The van der Waals surface area contributed by atoms with Crippen LogP contribution in [0.1, 0.15) is 31.9 Å². The first kappa shape index (κ1) is 22.9. The van der Waals surface area contributed by atoms with Gasteiger partial charge in [0.15, 0.2) is 11.0 Å². The standard InChI is InChI=1S/C27H29N3O2S/c1-27(2,3)21-11-9-19(10-12-21)18-33-26-29-28-25(20-7-6-8-24(17-20)32-5)30(26)22-13-15-23(31-4)16-14-22/h6-17H,18H2,1-5H3. The molecular weight excluding hydrogens is 430 g/mol. The lowest BCUT2D eigenvalue weighted by molar-refractivity contribution is 0.414. The van der Waals surface area contributed by atoms with Gasteiger partial charge in [-0.3, -0.25) is 4.57 Å². The Morgan fingerprint density at radius 3 is 2.15 bits per heavy atom. The largest absolute Gasteiger partial charge is 0.497 e. The van der Waals surface area contributed by atoms with Gasteiger partial charge in [-0.15, -0.1) is 10.2 Å². The van der Waals surface area contributed by atoms with E-state index in [9.17, 15) is 0 Å². The summed E-state index contributed by atoms with van der Waals surface area (Å²) in [6, 6.07) is 24.7. The van der Waals surface area contributed by atoms with E-state index in [1.165, 1.54) is 11.1 Å². The Labute approximate surface area is 199 Å². The highest BCUT2D eigenvalue weighted by atomic mass is 32.2. The average Bonchev–Trinajstić information content (AvgIpc) is 3.26. The zero-order chi connectivity index (χ0) is 23.4. The van der Waals surface area contributed by atoms with Gasteiger partial charge in [0.05, 0.1) is 14.2 Å². The van der Waals surface area contributed by atoms with Crippen molar-refractivity contribution in [3.8, 4) is 28.6 Å². The summed E-state index contributed by atoms with van der Waals surface area (Å²) in [5.41, 5.74) is 4.65. The van der Waals surface area contributed by atoms with Crippen LogP contribution in [0, 0.1) is 0 Å². The summed E-state index contributed by atoms with van der Waals surface area (Å²) in [4.78, 5) is 0. The maximum Gasteiger partial charge on any atom is 0.196 e. The molecule has 1 aromatic heterocycles. The summed E-state index contributed by atoms with van der Waals surface area (Å²) in [5.74, 6) is 3.16. The number of hydrogen-bond donors (Lipinski definition) is 0. The molecule has 170 valence electrons. The molecule has 0 fully saturated rings. The minimum Gasteiger partial charge on any atom is -0.497 e. The van der Waals surface area contributed by atoms with Gasteiger partial charge in [-0.2, -0.15) is 0 Å². The quantitative estimate of drug-likeness (QED) is 0.294. The van der Waals surface area contributed by atoms with Crippen molar-refractivity contribution in [3.63, 3.8) is 0 Å². The van der Waals surface area contributed by atoms with E-state index in [1.54, 1.807) is 26.0 Å². The van der Waals surface area contributed by atoms with Gasteiger partial charge in [0.2, 0.25) is 0 Å². The highest BCUT2D eigenvalue weighted by Gasteiger charge is 2.18. The molecule has 0 atom stereocenters. The normalized spacial score (nSPS) is 11.4. The molecule has 0 aliphatic rings. The van der Waals surface area contributed by atoms with Gasteiger partial charge >= 0.3 is 0 Å². The monoisotopic (exact) mass is 459 g/mol. The molecule has 1 heterocycles. The Balaban J connectivity index is 1.68. The van der Waals surface area contributed by atoms with Gasteiger partial charge in [0.25, 0.3) is 0 Å². The van der Waals surface area contributed by atoms with Crippen molar-refractivity contribution >= 4 is 11.8 Å². The predicted molar refractivity (Wildman–Crippen MR) is 135 cm³/mol. The summed E-state index contributed by atoms with van der Waals surface area (Å²) >= 11 is 1.67. The van der Waals surface area contributed by atoms with Gasteiger partial charge in [-0.05, 0) is 52.9 Å². The lowest BCUT2D eigenvalue weighted by Crippen LogP contribution is -2.10. The van der Waals surface area contributed by atoms with Crippen molar-refractivity contribution in [2.75, 3.05) is 14.2 Å². The highest BCUT2D eigenvalue weighted by molar-refractivity contribution is 7.98. The molecule has 3 aromatic carbocycles. The van der Waals surface area contributed by atoms with E-state index in [4.69, 9.17) is 9.47 Å². The summed E-state index contributed by atoms with van der Waals surface area (Å²) in [6.07, 6.45) is 0. The van der Waals surface area contributed by atoms with E-state index in [2.05, 4.69) is 59.8 Å². The van der Waals surface area contributed by atoms with E-state index >= 15 is 0 Å². The molecule has 6 heteroatoms. The summed E-state index contributed by atoms with van der Waals surface area (Å²) in [6.45, 7) is 6.69. The molecular formula is C27H29N3O2S. The van der Waals surface area contributed by atoms with E-state index < -0.39 is 0 Å². The van der Waals surface area contributed by atoms with E-state index in [-0.39, 0.29) is 5.41 Å². The molecule has 0 aliphatic heterocycles. The fourth-order valence-electron chi connectivity index (χ4n) is 3.53. The number of benzene rings is 3. The molecule has 0 amide bonds. The molecule has 0 spiro atoms. The van der Waals surface area contributed by atoms with Crippen LogP contribution in [0.15, 0.2) is 78.0 Å². The SMILES string of the molecule is COc1ccc(-n2c(SCc3ccc(C(C)(C)C)cc3)nnc2-c2cccc(OC)c2)cc1. The second-order valence-electron chi connectivity index (χ2n) is 8.81. The molecule has 33 heavy (non-hydrogen) atoms. The van der Waals surface area contributed by atoms with Crippen LogP contribution in [0.3, 0.4) is 0 Å². The second-order valence-corrected chi connectivity index (χ2v) is 9.75. The number of nitrogens with zero attached hydrogens (tertiary/aromatic N) is 3. The molecule has 4 aromatic rings. The van der Waals surface area contributed by atoms with Crippen molar-refractivity contribution in [3.05, 3.63) is 83.9 Å². The summed E-state index contributed by atoms with van der Waals surface area (Å²) < 4.78 is 12.8. The van der Waals surface area contributed by atoms with Crippen LogP contribution in [0.2, 0.25) is 0 Å². The molecule has 0 N–H and O–H groups in total. The van der Waals surface area contributed by atoms with Crippen molar-refractivity contribution in [1.29, 1.82) is 0 Å². The molecule has 0 saturated heterocycles. The zero-order valence-corrected chi connectivity index (χ0v) is 20.5. The van der Waals surface area contributed by atoms with Gasteiger partial charge in [0, 0.05) is 17.0 Å². The zero-order valence-electron chi connectivity index (χ0n) is 19.7. The number of thioether (sulfide) groups is 1.